The molecule has 2 N–H and O–H groups in total. The van der Waals surface area contributed by atoms with Crippen molar-refractivity contribution in [3.05, 3.63) is 59.0 Å². The zero-order chi connectivity index (χ0) is 17.9. The number of pyridine rings is 1. The van der Waals surface area contributed by atoms with E-state index >= 15 is 0 Å². The summed E-state index contributed by atoms with van der Waals surface area (Å²) in [5.41, 5.74) is 3.75. The molecular formula is C19H19ClN4O2. The number of ether oxygens (including phenoxy) is 1. The third-order valence-electron chi connectivity index (χ3n) is 4.49. The molecule has 6 nitrogen and oxygen atoms in total. The summed E-state index contributed by atoms with van der Waals surface area (Å²) in [6.45, 7) is 2.96. The number of rotatable bonds is 4. The molecule has 0 saturated heterocycles. The summed E-state index contributed by atoms with van der Waals surface area (Å²) in [5.74, 6) is 0.708. The normalized spacial score (nSPS) is 14.5. The molecule has 1 aromatic carbocycles. The van der Waals surface area contributed by atoms with Crippen LogP contribution in [0, 0.1) is 0 Å². The van der Waals surface area contributed by atoms with Crippen molar-refractivity contribution in [2.75, 3.05) is 19.7 Å². The number of phenols is 1. The molecule has 7 heteroatoms. The maximum absolute atomic E-state index is 10.4. The predicted molar refractivity (Wildman–Crippen MR) is 99.4 cm³/mol. The van der Waals surface area contributed by atoms with Crippen molar-refractivity contribution in [1.82, 2.24) is 20.1 Å². The number of aromatic hydroxyl groups is 1. The van der Waals surface area contributed by atoms with Crippen LogP contribution in [0.25, 0.3) is 11.3 Å². The van der Waals surface area contributed by atoms with Crippen LogP contribution in [0.3, 0.4) is 0 Å². The highest BCUT2D eigenvalue weighted by molar-refractivity contribution is 6.30. The number of fused-ring (bicyclic) bond motifs is 1. The summed E-state index contributed by atoms with van der Waals surface area (Å²) >= 11 is 5.92. The minimum Gasteiger partial charge on any atom is -0.504 e. The fourth-order valence-electron chi connectivity index (χ4n) is 3.14. The number of H-pyrrole nitrogens is 1. The van der Waals surface area contributed by atoms with Crippen molar-refractivity contribution in [2.45, 2.75) is 13.0 Å². The fraction of sp³-hybridized carbons (Fsp3) is 0.263. The Hall–Kier alpha value is -2.57. The van der Waals surface area contributed by atoms with Crippen LogP contribution in [-0.2, 0) is 13.0 Å². The minimum absolute atomic E-state index is 0.144. The molecule has 134 valence electrons. The van der Waals surface area contributed by atoms with Gasteiger partial charge in [-0.3, -0.25) is 15.0 Å². The van der Waals surface area contributed by atoms with Gasteiger partial charge in [-0.05, 0) is 36.2 Å². The second-order valence-electron chi connectivity index (χ2n) is 6.33. The summed E-state index contributed by atoms with van der Waals surface area (Å²) < 4.78 is 5.80. The first-order valence-electron chi connectivity index (χ1n) is 8.49. The monoisotopic (exact) mass is 370 g/mol. The van der Waals surface area contributed by atoms with Gasteiger partial charge in [0.1, 0.15) is 6.61 Å². The molecular weight excluding hydrogens is 352 g/mol. The number of halogens is 1. The SMILES string of the molecule is Oc1cc(-c2ccc(Cl)cn2)cc2c1OCCN(CCc1cn[nH]c1)C2. The van der Waals surface area contributed by atoms with Crippen molar-refractivity contribution >= 4 is 11.6 Å². The summed E-state index contributed by atoms with van der Waals surface area (Å²) in [6.07, 6.45) is 6.28. The first-order chi connectivity index (χ1) is 12.7. The molecule has 0 aliphatic carbocycles. The zero-order valence-corrected chi connectivity index (χ0v) is 14.9. The van der Waals surface area contributed by atoms with E-state index in [1.54, 1.807) is 18.3 Å². The summed E-state index contributed by atoms with van der Waals surface area (Å²) in [7, 11) is 0. The Morgan fingerprint density at radius 2 is 2.19 bits per heavy atom. The topological polar surface area (TPSA) is 74.3 Å². The molecule has 0 saturated carbocycles. The van der Waals surface area contributed by atoms with Crippen LogP contribution in [0.15, 0.2) is 42.9 Å². The maximum Gasteiger partial charge on any atom is 0.165 e. The fourth-order valence-corrected chi connectivity index (χ4v) is 3.25. The van der Waals surface area contributed by atoms with Crippen LogP contribution in [0.4, 0.5) is 0 Å². The second kappa shape index (κ2) is 7.35. The van der Waals surface area contributed by atoms with Crippen molar-refractivity contribution in [1.29, 1.82) is 0 Å². The molecule has 26 heavy (non-hydrogen) atoms. The van der Waals surface area contributed by atoms with E-state index in [1.165, 1.54) is 5.56 Å². The van der Waals surface area contributed by atoms with Gasteiger partial charge < -0.3 is 9.84 Å². The number of hydrogen-bond donors (Lipinski definition) is 2. The molecule has 1 aliphatic rings. The number of aromatic amines is 1. The highest BCUT2D eigenvalue weighted by Crippen LogP contribution is 2.37. The van der Waals surface area contributed by atoms with Crippen LogP contribution < -0.4 is 4.74 Å². The van der Waals surface area contributed by atoms with E-state index in [4.69, 9.17) is 16.3 Å². The molecule has 2 aromatic heterocycles. The first kappa shape index (κ1) is 16.9. The van der Waals surface area contributed by atoms with Crippen LogP contribution in [-0.4, -0.2) is 44.9 Å². The van der Waals surface area contributed by atoms with Gasteiger partial charge in [-0.25, -0.2) is 0 Å². The van der Waals surface area contributed by atoms with Gasteiger partial charge in [0.15, 0.2) is 11.5 Å². The summed E-state index contributed by atoms with van der Waals surface area (Å²) in [6, 6.07) is 7.36. The van der Waals surface area contributed by atoms with Crippen molar-refractivity contribution in [2.24, 2.45) is 0 Å². The third kappa shape index (κ3) is 3.66. The number of phenolic OH excluding ortho intramolecular Hbond substituents is 1. The average molecular weight is 371 g/mol. The molecule has 0 bridgehead atoms. The molecule has 0 atom stereocenters. The summed E-state index contributed by atoms with van der Waals surface area (Å²) in [5, 5.41) is 17.8. The predicted octanol–water partition coefficient (Wildman–Crippen LogP) is 3.27. The molecule has 4 rings (SSSR count). The van der Waals surface area contributed by atoms with E-state index < -0.39 is 0 Å². The highest BCUT2D eigenvalue weighted by atomic mass is 35.5. The van der Waals surface area contributed by atoms with Crippen LogP contribution >= 0.6 is 11.6 Å². The van der Waals surface area contributed by atoms with E-state index in [0.717, 1.165) is 36.3 Å². The standard InChI is InChI=1S/C19H19ClN4O2/c20-16-1-2-17(21-11-16)14-7-15-12-24(4-3-13-9-22-23-10-13)5-6-26-19(15)18(25)8-14/h1-2,7-11,25H,3-6,12H2,(H,22,23). The van der Waals surface area contributed by atoms with Crippen LogP contribution in [0.5, 0.6) is 11.5 Å². The van der Waals surface area contributed by atoms with Crippen molar-refractivity contribution < 1.29 is 9.84 Å². The lowest BCUT2D eigenvalue weighted by molar-refractivity contribution is 0.225. The van der Waals surface area contributed by atoms with Gasteiger partial charge in [-0.1, -0.05) is 11.6 Å². The molecule has 0 amide bonds. The Balaban J connectivity index is 1.58. The molecule has 0 radical (unpaired) electrons. The first-order valence-corrected chi connectivity index (χ1v) is 8.87. The second-order valence-corrected chi connectivity index (χ2v) is 6.76. The lowest BCUT2D eigenvalue weighted by atomic mass is 10.0. The van der Waals surface area contributed by atoms with E-state index in [1.807, 2.05) is 24.5 Å². The Morgan fingerprint density at radius 1 is 1.27 bits per heavy atom. The zero-order valence-electron chi connectivity index (χ0n) is 14.2. The van der Waals surface area contributed by atoms with E-state index in [0.29, 0.717) is 23.9 Å². The molecule has 0 spiro atoms. The minimum atomic E-state index is 0.144. The van der Waals surface area contributed by atoms with E-state index in [-0.39, 0.29) is 5.75 Å². The molecule has 0 unspecified atom stereocenters. The van der Waals surface area contributed by atoms with Gasteiger partial charge in [-0.2, -0.15) is 5.10 Å². The van der Waals surface area contributed by atoms with Gasteiger partial charge in [0.2, 0.25) is 0 Å². The molecule has 1 aliphatic heterocycles. The lowest BCUT2D eigenvalue weighted by Crippen LogP contribution is -2.27. The number of hydrogen-bond acceptors (Lipinski definition) is 5. The summed E-state index contributed by atoms with van der Waals surface area (Å²) in [4.78, 5) is 6.66. The lowest BCUT2D eigenvalue weighted by Gasteiger charge is -2.19. The molecule has 0 fully saturated rings. The van der Waals surface area contributed by atoms with Gasteiger partial charge in [-0.15, -0.1) is 0 Å². The number of nitrogens with one attached hydrogen (secondary N) is 1. The number of nitrogens with zero attached hydrogens (tertiary/aromatic N) is 3. The average Bonchev–Trinajstić information content (AvgIpc) is 3.07. The molecule has 3 heterocycles. The quantitative estimate of drug-likeness (QED) is 0.737. The number of aromatic nitrogens is 3. The Labute approximate surface area is 156 Å². The maximum atomic E-state index is 10.4. The Kier molecular flexibility index (Phi) is 4.77. The van der Waals surface area contributed by atoms with Gasteiger partial charge in [0, 0.05) is 43.2 Å². The van der Waals surface area contributed by atoms with E-state index in [9.17, 15) is 5.11 Å². The largest absolute Gasteiger partial charge is 0.504 e. The van der Waals surface area contributed by atoms with Crippen molar-refractivity contribution in [3.63, 3.8) is 0 Å². The van der Waals surface area contributed by atoms with Crippen LogP contribution in [0.2, 0.25) is 5.02 Å². The smallest absolute Gasteiger partial charge is 0.165 e. The Bertz CT molecular complexity index is 881. The number of benzene rings is 1. The highest BCUT2D eigenvalue weighted by Gasteiger charge is 2.20. The van der Waals surface area contributed by atoms with Gasteiger partial charge in [0.05, 0.1) is 16.9 Å². The van der Waals surface area contributed by atoms with E-state index in [2.05, 4.69) is 20.1 Å². The van der Waals surface area contributed by atoms with Gasteiger partial charge in [0.25, 0.3) is 0 Å². The Morgan fingerprint density at radius 3 is 2.96 bits per heavy atom. The van der Waals surface area contributed by atoms with Crippen molar-refractivity contribution in [3.8, 4) is 22.8 Å². The van der Waals surface area contributed by atoms with Crippen LogP contribution in [0.1, 0.15) is 11.1 Å². The van der Waals surface area contributed by atoms with Gasteiger partial charge >= 0.3 is 0 Å². The molecule has 3 aromatic rings. The third-order valence-corrected chi connectivity index (χ3v) is 4.71.